The van der Waals surface area contributed by atoms with E-state index in [0.717, 1.165) is 20.6 Å². The van der Waals surface area contributed by atoms with Gasteiger partial charge in [-0.05, 0) is 36.4 Å². The first-order chi connectivity index (χ1) is 8.65. The molecule has 0 heterocycles. The monoisotopic (exact) mass is 321 g/mol. The van der Waals surface area contributed by atoms with Crippen molar-refractivity contribution in [1.82, 2.24) is 0 Å². The van der Waals surface area contributed by atoms with Gasteiger partial charge < -0.3 is 5.73 Å². The molecular weight excluding hydrogens is 310 g/mol. The maximum Gasteiger partial charge on any atom is 0.173 e. The van der Waals surface area contributed by atoms with Crippen molar-refractivity contribution in [3.8, 4) is 0 Å². The standard InChI is InChI=1S/C14H12BrNOS/c15-11-3-1-10(2-4-11)14(17)9-18-13-7-5-12(16)6-8-13/h1-8H,9,16H2. The lowest BCUT2D eigenvalue weighted by atomic mass is 10.2. The van der Waals surface area contributed by atoms with E-state index in [2.05, 4.69) is 15.9 Å². The van der Waals surface area contributed by atoms with Gasteiger partial charge >= 0.3 is 0 Å². The molecule has 4 heteroatoms. The molecule has 0 saturated carbocycles. The fourth-order valence-corrected chi connectivity index (χ4v) is 2.49. The van der Waals surface area contributed by atoms with Gasteiger partial charge in [-0.15, -0.1) is 11.8 Å². The van der Waals surface area contributed by atoms with E-state index in [1.54, 1.807) is 0 Å². The van der Waals surface area contributed by atoms with E-state index in [4.69, 9.17) is 5.73 Å². The summed E-state index contributed by atoms with van der Waals surface area (Å²) in [5, 5.41) is 0. The Morgan fingerprint density at radius 2 is 1.67 bits per heavy atom. The Kier molecular flexibility index (Phi) is 4.44. The summed E-state index contributed by atoms with van der Waals surface area (Å²) >= 11 is 4.87. The molecule has 0 unspecified atom stereocenters. The first-order valence-electron chi connectivity index (χ1n) is 5.42. The summed E-state index contributed by atoms with van der Waals surface area (Å²) in [5.41, 5.74) is 7.08. The van der Waals surface area contributed by atoms with Crippen molar-refractivity contribution in [1.29, 1.82) is 0 Å². The molecule has 2 aromatic carbocycles. The number of nitrogens with two attached hydrogens (primary N) is 1. The minimum Gasteiger partial charge on any atom is -0.399 e. The van der Waals surface area contributed by atoms with Crippen LogP contribution in [0.5, 0.6) is 0 Å². The Hall–Kier alpha value is -1.26. The van der Waals surface area contributed by atoms with Gasteiger partial charge in [0.1, 0.15) is 0 Å². The van der Waals surface area contributed by atoms with Crippen molar-refractivity contribution in [3.05, 3.63) is 58.6 Å². The van der Waals surface area contributed by atoms with E-state index in [1.165, 1.54) is 11.8 Å². The van der Waals surface area contributed by atoms with E-state index < -0.39 is 0 Å². The molecule has 18 heavy (non-hydrogen) atoms. The molecule has 2 rings (SSSR count). The summed E-state index contributed by atoms with van der Waals surface area (Å²) in [4.78, 5) is 13.0. The second-order valence-electron chi connectivity index (χ2n) is 3.79. The molecule has 0 aliphatic carbocycles. The minimum absolute atomic E-state index is 0.129. The van der Waals surface area contributed by atoms with Crippen LogP contribution < -0.4 is 5.73 Å². The zero-order chi connectivity index (χ0) is 13.0. The average Bonchev–Trinajstić information content (AvgIpc) is 2.38. The van der Waals surface area contributed by atoms with E-state index in [9.17, 15) is 4.79 Å². The lowest BCUT2D eigenvalue weighted by Gasteiger charge is -2.02. The molecule has 0 aromatic heterocycles. The van der Waals surface area contributed by atoms with Gasteiger partial charge in [-0.2, -0.15) is 0 Å². The summed E-state index contributed by atoms with van der Waals surface area (Å²) in [6.07, 6.45) is 0. The summed E-state index contributed by atoms with van der Waals surface area (Å²) in [6, 6.07) is 14.9. The number of hydrogen-bond donors (Lipinski definition) is 1. The Labute approximate surface area is 119 Å². The number of nitrogen functional groups attached to an aromatic ring is 1. The molecular formula is C14H12BrNOS. The van der Waals surface area contributed by atoms with Crippen molar-refractivity contribution in [3.63, 3.8) is 0 Å². The van der Waals surface area contributed by atoms with Gasteiger partial charge in [0.05, 0.1) is 5.75 Å². The topological polar surface area (TPSA) is 43.1 Å². The molecule has 92 valence electrons. The van der Waals surface area contributed by atoms with Crippen LogP contribution in [0.3, 0.4) is 0 Å². The Morgan fingerprint density at radius 3 is 2.28 bits per heavy atom. The third-order valence-corrected chi connectivity index (χ3v) is 3.96. The van der Waals surface area contributed by atoms with Gasteiger partial charge in [-0.3, -0.25) is 4.79 Å². The number of carbonyl (C=O) groups excluding carboxylic acids is 1. The lowest BCUT2D eigenvalue weighted by molar-refractivity contribution is 0.102. The molecule has 0 atom stereocenters. The van der Waals surface area contributed by atoms with E-state index in [1.807, 2.05) is 48.5 Å². The van der Waals surface area contributed by atoms with Gasteiger partial charge in [0.15, 0.2) is 5.78 Å². The third kappa shape index (κ3) is 3.62. The van der Waals surface area contributed by atoms with Crippen molar-refractivity contribution in [2.75, 3.05) is 11.5 Å². The number of benzene rings is 2. The van der Waals surface area contributed by atoms with Gasteiger partial charge in [-0.25, -0.2) is 0 Å². The SMILES string of the molecule is Nc1ccc(SCC(=O)c2ccc(Br)cc2)cc1. The number of anilines is 1. The van der Waals surface area contributed by atoms with Crippen LogP contribution in [0.1, 0.15) is 10.4 Å². The van der Waals surface area contributed by atoms with Crippen LogP contribution in [-0.4, -0.2) is 11.5 Å². The maximum absolute atomic E-state index is 11.9. The summed E-state index contributed by atoms with van der Waals surface area (Å²) in [5.74, 6) is 0.565. The van der Waals surface area contributed by atoms with Gasteiger partial charge in [0, 0.05) is 20.6 Å². The Morgan fingerprint density at radius 1 is 1.06 bits per heavy atom. The lowest BCUT2D eigenvalue weighted by Crippen LogP contribution is -2.01. The maximum atomic E-state index is 11.9. The molecule has 0 saturated heterocycles. The number of ketones is 1. The predicted octanol–water partition coefficient (Wildman–Crippen LogP) is 4.01. The third-order valence-electron chi connectivity index (χ3n) is 2.42. The molecule has 2 aromatic rings. The number of Topliss-reactive ketones (excluding diaryl/α,β-unsaturated/α-hetero) is 1. The van der Waals surface area contributed by atoms with E-state index in [0.29, 0.717) is 5.75 Å². The molecule has 0 bridgehead atoms. The highest BCUT2D eigenvalue weighted by atomic mass is 79.9. The largest absolute Gasteiger partial charge is 0.399 e. The second kappa shape index (κ2) is 6.07. The molecule has 0 amide bonds. The zero-order valence-electron chi connectivity index (χ0n) is 9.60. The van der Waals surface area contributed by atoms with Crippen molar-refractivity contribution >= 4 is 39.2 Å². The Bertz CT molecular complexity index is 537. The molecule has 0 spiro atoms. The highest BCUT2D eigenvalue weighted by molar-refractivity contribution is 9.10. The molecule has 0 aliphatic rings. The normalized spacial score (nSPS) is 10.3. The number of thioether (sulfide) groups is 1. The van der Waals surface area contributed by atoms with Crippen LogP contribution in [-0.2, 0) is 0 Å². The van der Waals surface area contributed by atoms with E-state index in [-0.39, 0.29) is 5.78 Å². The van der Waals surface area contributed by atoms with Crippen LogP contribution in [0, 0.1) is 0 Å². The Balaban J connectivity index is 1.96. The molecule has 0 aliphatic heterocycles. The summed E-state index contributed by atoms with van der Waals surface area (Å²) in [6.45, 7) is 0. The molecule has 2 nitrogen and oxygen atoms in total. The fraction of sp³-hybridized carbons (Fsp3) is 0.0714. The summed E-state index contributed by atoms with van der Waals surface area (Å²) < 4.78 is 0.977. The highest BCUT2D eigenvalue weighted by Crippen LogP contribution is 2.21. The predicted molar refractivity (Wildman–Crippen MR) is 80.1 cm³/mol. The van der Waals surface area contributed by atoms with Crippen molar-refractivity contribution < 1.29 is 4.79 Å². The molecule has 2 N–H and O–H groups in total. The zero-order valence-corrected chi connectivity index (χ0v) is 12.0. The van der Waals surface area contributed by atoms with Gasteiger partial charge in [0.25, 0.3) is 0 Å². The van der Waals surface area contributed by atoms with Crippen LogP contribution >= 0.6 is 27.7 Å². The minimum atomic E-state index is 0.129. The van der Waals surface area contributed by atoms with Crippen LogP contribution in [0.2, 0.25) is 0 Å². The average molecular weight is 322 g/mol. The van der Waals surface area contributed by atoms with Gasteiger partial charge in [-0.1, -0.05) is 28.1 Å². The smallest absolute Gasteiger partial charge is 0.173 e. The van der Waals surface area contributed by atoms with Crippen LogP contribution in [0.15, 0.2) is 57.9 Å². The quantitative estimate of drug-likeness (QED) is 0.525. The van der Waals surface area contributed by atoms with Crippen molar-refractivity contribution in [2.45, 2.75) is 4.90 Å². The van der Waals surface area contributed by atoms with E-state index >= 15 is 0 Å². The fourth-order valence-electron chi connectivity index (χ4n) is 1.43. The second-order valence-corrected chi connectivity index (χ2v) is 5.75. The van der Waals surface area contributed by atoms with Gasteiger partial charge in [0.2, 0.25) is 0 Å². The number of hydrogen-bond acceptors (Lipinski definition) is 3. The number of carbonyl (C=O) groups is 1. The van der Waals surface area contributed by atoms with Crippen LogP contribution in [0.4, 0.5) is 5.69 Å². The summed E-state index contributed by atoms with van der Waals surface area (Å²) in [7, 11) is 0. The first kappa shape index (κ1) is 13.2. The van der Waals surface area contributed by atoms with Crippen LogP contribution in [0.25, 0.3) is 0 Å². The first-order valence-corrected chi connectivity index (χ1v) is 7.20. The highest BCUT2D eigenvalue weighted by Gasteiger charge is 2.06. The molecule has 0 fully saturated rings. The van der Waals surface area contributed by atoms with Crippen molar-refractivity contribution in [2.24, 2.45) is 0 Å². The molecule has 0 radical (unpaired) electrons. The number of rotatable bonds is 4. The number of halogens is 1.